The molecule has 15 heavy (non-hydrogen) atoms. The standard InChI is InChI=1S/C11H22N2O2/c1-9(2)14-5-6-15-10(3)7-11(4,13)8-12/h9-10H,5-7,13H2,1-4H3. The Morgan fingerprint density at radius 2 is 1.80 bits per heavy atom. The fourth-order valence-electron chi connectivity index (χ4n) is 1.23. The van der Waals surface area contributed by atoms with Crippen LogP contribution in [0.15, 0.2) is 0 Å². The van der Waals surface area contributed by atoms with Gasteiger partial charge in [0.2, 0.25) is 0 Å². The zero-order chi connectivity index (χ0) is 11.9. The van der Waals surface area contributed by atoms with Crippen molar-refractivity contribution in [3.63, 3.8) is 0 Å². The van der Waals surface area contributed by atoms with Gasteiger partial charge in [-0.3, -0.25) is 0 Å². The first kappa shape index (κ1) is 14.4. The van der Waals surface area contributed by atoms with Crippen LogP contribution in [0, 0.1) is 11.3 Å². The molecule has 0 amide bonds. The van der Waals surface area contributed by atoms with Crippen LogP contribution >= 0.6 is 0 Å². The molecule has 0 aromatic heterocycles. The van der Waals surface area contributed by atoms with E-state index in [0.717, 1.165) is 0 Å². The maximum absolute atomic E-state index is 8.73. The van der Waals surface area contributed by atoms with Gasteiger partial charge >= 0.3 is 0 Å². The van der Waals surface area contributed by atoms with Crippen molar-refractivity contribution in [3.05, 3.63) is 0 Å². The Labute approximate surface area is 92.3 Å². The van der Waals surface area contributed by atoms with Crippen molar-refractivity contribution in [2.24, 2.45) is 5.73 Å². The van der Waals surface area contributed by atoms with E-state index in [2.05, 4.69) is 0 Å². The second kappa shape index (κ2) is 6.78. The average molecular weight is 214 g/mol. The van der Waals surface area contributed by atoms with Gasteiger partial charge in [-0.25, -0.2) is 0 Å². The van der Waals surface area contributed by atoms with Crippen molar-refractivity contribution in [3.8, 4) is 6.07 Å². The van der Waals surface area contributed by atoms with Crippen molar-refractivity contribution < 1.29 is 9.47 Å². The Morgan fingerprint density at radius 1 is 1.27 bits per heavy atom. The van der Waals surface area contributed by atoms with Crippen LogP contribution in [0.25, 0.3) is 0 Å². The third kappa shape index (κ3) is 8.37. The second-order valence-electron chi connectivity index (χ2n) is 4.33. The summed E-state index contributed by atoms with van der Waals surface area (Å²) in [7, 11) is 0. The van der Waals surface area contributed by atoms with Gasteiger partial charge in [0.05, 0.1) is 31.5 Å². The smallest absolute Gasteiger partial charge is 0.103 e. The van der Waals surface area contributed by atoms with E-state index in [0.29, 0.717) is 19.6 Å². The van der Waals surface area contributed by atoms with Crippen LogP contribution in [-0.4, -0.2) is 31.0 Å². The summed E-state index contributed by atoms with van der Waals surface area (Å²) < 4.78 is 10.8. The SMILES string of the molecule is CC(C)OCCOC(C)CC(C)(N)C#N. The number of nitrogens with zero attached hydrogens (tertiary/aromatic N) is 1. The normalized spacial score (nSPS) is 17.1. The van der Waals surface area contributed by atoms with E-state index in [1.807, 2.05) is 26.8 Å². The molecule has 0 aromatic rings. The van der Waals surface area contributed by atoms with Gasteiger partial charge in [-0.2, -0.15) is 5.26 Å². The molecular weight excluding hydrogens is 192 g/mol. The van der Waals surface area contributed by atoms with Crippen LogP contribution in [0.2, 0.25) is 0 Å². The molecule has 0 spiro atoms. The number of rotatable bonds is 7. The van der Waals surface area contributed by atoms with Gasteiger partial charge in [-0.1, -0.05) is 0 Å². The van der Waals surface area contributed by atoms with Crippen LogP contribution in [0.4, 0.5) is 0 Å². The van der Waals surface area contributed by atoms with E-state index in [1.165, 1.54) is 0 Å². The van der Waals surface area contributed by atoms with E-state index < -0.39 is 5.54 Å². The van der Waals surface area contributed by atoms with Gasteiger partial charge in [0, 0.05) is 6.42 Å². The topological polar surface area (TPSA) is 68.3 Å². The summed E-state index contributed by atoms with van der Waals surface area (Å²) in [6.45, 7) is 8.71. The molecule has 0 aromatic carbocycles. The number of hydrogen-bond acceptors (Lipinski definition) is 4. The van der Waals surface area contributed by atoms with E-state index in [1.54, 1.807) is 6.92 Å². The van der Waals surface area contributed by atoms with Gasteiger partial charge in [0.25, 0.3) is 0 Å². The van der Waals surface area contributed by atoms with Crippen molar-refractivity contribution in [2.75, 3.05) is 13.2 Å². The molecule has 0 fully saturated rings. The molecule has 0 radical (unpaired) electrons. The monoisotopic (exact) mass is 214 g/mol. The molecule has 2 atom stereocenters. The molecule has 0 saturated carbocycles. The Hall–Kier alpha value is -0.630. The minimum atomic E-state index is -0.807. The molecule has 88 valence electrons. The number of ether oxygens (including phenoxy) is 2. The quantitative estimate of drug-likeness (QED) is 0.651. The highest BCUT2D eigenvalue weighted by Crippen LogP contribution is 2.10. The summed E-state index contributed by atoms with van der Waals surface area (Å²) in [6.07, 6.45) is 0.740. The van der Waals surface area contributed by atoms with E-state index in [-0.39, 0.29) is 12.2 Å². The molecule has 0 aliphatic carbocycles. The zero-order valence-corrected chi connectivity index (χ0v) is 10.1. The molecule has 0 bridgehead atoms. The summed E-state index contributed by atoms with van der Waals surface area (Å²) in [4.78, 5) is 0. The number of nitriles is 1. The molecule has 2 unspecified atom stereocenters. The first-order valence-electron chi connectivity index (χ1n) is 5.30. The predicted molar refractivity (Wildman–Crippen MR) is 59.3 cm³/mol. The molecule has 0 saturated heterocycles. The summed E-state index contributed by atoms with van der Waals surface area (Å²) in [5.74, 6) is 0. The molecule has 0 heterocycles. The van der Waals surface area contributed by atoms with Crippen molar-refractivity contribution >= 4 is 0 Å². The van der Waals surface area contributed by atoms with E-state index in [4.69, 9.17) is 20.5 Å². The highest BCUT2D eigenvalue weighted by molar-refractivity contribution is 5.01. The van der Waals surface area contributed by atoms with Crippen LogP contribution in [0.1, 0.15) is 34.1 Å². The average Bonchev–Trinajstić information content (AvgIpc) is 2.11. The summed E-state index contributed by atoms with van der Waals surface area (Å²) >= 11 is 0. The first-order chi connectivity index (χ1) is 6.87. The van der Waals surface area contributed by atoms with Crippen molar-refractivity contribution in [1.82, 2.24) is 0 Å². The van der Waals surface area contributed by atoms with E-state index >= 15 is 0 Å². The lowest BCUT2D eigenvalue weighted by molar-refractivity contribution is -0.0124. The van der Waals surface area contributed by atoms with Gasteiger partial charge in [-0.05, 0) is 27.7 Å². The maximum atomic E-state index is 8.73. The van der Waals surface area contributed by atoms with Crippen LogP contribution in [0.5, 0.6) is 0 Å². The molecule has 0 aliphatic rings. The number of hydrogen-bond donors (Lipinski definition) is 1. The lowest BCUT2D eigenvalue weighted by Gasteiger charge is -2.21. The minimum absolute atomic E-state index is 0.0181. The summed E-state index contributed by atoms with van der Waals surface area (Å²) in [5, 5.41) is 8.73. The largest absolute Gasteiger partial charge is 0.376 e. The van der Waals surface area contributed by atoms with Crippen molar-refractivity contribution in [2.45, 2.75) is 51.9 Å². The Balaban J connectivity index is 3.59. The molecule has 0 rings (SSSR count). The highest BCUT2D eigenvalue weighted by Gasteiger charge is 2.21. The highest BCUT2D eigenvalue weighted by atomic mass is 16.5. The van der Waals surface area contributed by atoms with Crippen LogP contribution in [-0.2, 0) is 9.47 Å². The molecular formula is C11H22N2O2. The zero-order valence-electron chi connectivity index (χ0n) is 10.1. The Bertz CT molecular complexity index is 209. The van der Waals surface area contributed by atoms with Crippen LogP contribution in [0.3, 0.4) is 0 Å². The third-order valence-corrected chi connectivity index (χ3v) is 1.90. The van der Waals surface area contributed by atoms with Gasteiger partial charge in [0.15, 0.2) is 0 Å². The maximum Gasteiger partial charge on any atom is 0.103 e. The molecule has 4 heteroatoms. The van der Waals surface area contributed by atoms with Gasteiger partial charge < -0.3 is 15.2 Å². The van der Waals surface area contributed by atoms with E-state index in [9.17, 15) is 0 Å². The Morgan fingerprint density at radius 3 is 2.27 bits per heavy atom. The van der Waals surface area contributed by atoms with Crippen molar-refractivity contribution in [1.29, 1.82) is 5.26 Å². The fourth-order valence-corrected chi connectivity index (χ4v) is 1.23. The summed E-state index contributed by atoms with van der Waals surface area (Å²) in [5.41, 5.74) is 4.89. The predicted octanol–water partition coefficient (Wildman–Crippen LogP) is 1.45. The number of nitrogens with two attached hydrogens (primary N) is 1. The summed E-state index contributed by atoms with van der Waals surface area (Å²) in [6, 6.07) is 2.05. The lowest BCUT2D eigenvalue weighted by atomic mass is 9.98. The first-order valence-corrected chi connectivity index (χ1v) is 5.30. The van der Waals surface area contributed by atoms with Crippen LogP contribution < -0.4 is 5.73 Å². The molecule has 4 nitrogen and oxygen atoms in total. The fraction of sp³-hybridized carbons (Fsp3) is 0.909. The van der Waals surface area contributed by atoms with Gasteiger partial charge in [-0.15, -0.1) is 0 Å². The Kier molecular flexibility index (Phi) is 6.50. The third-order valence-electron chi connectivity index (χ3n) is 1.90. The minimum Gasteiger partial charge on any atom is -0.376 e. The van der Waals surface area contributed by atoms with Gasteiger partial charge in [0.1, 0.15) is 5.54 Å². The second-order valence-corrected chi connectivity index (χ2v) is 4.33. The molecule has 0 aliphatic heterocycles. The molecule has 2 N–H and O–H groups in total. The lowest BCUT2D eigenvalue weighted by Crippen LogP contribution is -2.38.